The van der Waals surface area contributed by atoms with Crippen LogP contribution in [0.4, 0.5) is 5.69 Å². The van der Waals surface area contributed by atoms with Gasteiger partial charge in [0.05, 0.1) is 5.69 Å². The summed E-state index contributed by atoms with van der Waals surface area (Å²) in [6, 6.07) is 17.3. The Bertz CT molecular complexity index is 1320. The first-order chi connectivity index (χ1) is 16.6. The Hall–Kier alpha value is -4.01. The molecule has 1 aliphatic rings. The molecule has 0 atom stereocenters. The smallest absolute Gasteiger partial charge is 0.251 e. The van der Waals surface area contributed by atoms with Crippen molar-refractivity contribution in [3.63, 3.8) is 0 Å². The number of hydrogen-bond donors (Lipinski definition) is 1. The Morgan fingerprint density at radius 2 is 1.88 bits per heavy atom. The first-order valence-corrected chi connectivity index (χ1v) is 11.5. The van der Waals surface area contributed by atoms with Crippen LogP contribution in [0.2, 0.25) is 0 Å². The first kappa shape index (κ1) is 21.8. The summed E-state index contributed by atoms with van der Waals surface area (Å²) in [5.41, 5.74) is 0.673. The maximum Gasteiger partial charge on any atom is 0.251 e. The second-order valence-corrected chi connectivity index (χ2v) is 8.58. The van der Waals surface area contributed by atoms with Crippen molar-refractivity contribution in [3.05, 3.63) is 60.4 Å². The highest BCUT2D eigenvalue weighted by atomic mass is 16.3. The summed E-state index contributed by atoms with van der Waals surface area (Å²) in [6.45, 7) is 1.59. The van der Waals surface area contributed by atoms with Crippen LogP contribution < -0.4 is 10.2 Å². The number of aromatic nitrogens is 4. The number of carbonyl (C=O) groups is 2. The lowest BCUT2D eigenvalue weighted by Crippen LogP contribution is -2.45. The highest BCUT2D eigenvalue weighted by molar-refractivity contribution is 6.06. The largest absolute Gasteiger partial charge is 0.458 e. The molecule has 9 nitrogen and oxygen atoms in total. The molecule has 0 aliphatic heterocycles. The summed E-state index contributed by atoms with van der Waals surface area (Å²) < 4.78 is 5.54. The van der Waals surface area contributed by atoms with Crippen LogP contribution >= 0.6 is 0 Å². The van der Waals surface area contributed by atoms with E-state index in [4.69, 9.17) is 4.42 Å². The Kier molecular flexibility index (Phi) is 6.07. The molecule has 1 fully saturated rings. The number of amides is 2. The van der Waals surface area contributed by atoms with Crippen LogP contribution in [-0.4, -0.2) is 44.6 Å². The molecular weight excluding hydrogens is 432 g/mol. The van der Waals surface area contributed by atoms with Gasteiger partial charge < -0.3 is 14.6 Å². The van der Waals surface area contributed by atoms with Gasteiger partial charge >= 0.3 is 0 Å². The molecular formula is C25H26N6O3. The van der Waals surface area contributed by atoms with E-state index in [0.717, 1.165) is 42.2 Å². The summed E-state index contributed by atoms with van der Waals surface area (Å²) in [5, 5.41) is 17.3. The van der Waals surface area contributed by atoms with E-state index in [0.29, 0.717) is 17.3 Å². The van der Waals surface area contributed by atoms with E-state index in [-0.39, 0.29) is 30.9 Å². The average molecular weight is 459 g/mol. The zero-order chi connectivity index (χ0) is 23.5. The van der Waals surface area contributed by atoms with Crippen molar-refractivity contribution in [2.45, 2.75) is 45.2 Å². The Labute approximate surface area is 196 Å². The van der Waals surface area contributed by atoms with Crippen LogP contribution in [0.5, 0.6) is 0 Å². The van der Waals surface area contributed by atoms with Crippen LogP contribution in [0.25, 0.3) is 22.4 Å². The van der Waals surface area contributed by atoms with Crippen molar-refractivity contribution < 1.29 is 14.0 Å². The molecule has 174 valence electrons. The molecule has 0 unspecified atom stereocenters. The number of aryl methyl sites for hydroxylation is 1. The highest BCUT2D eigenvalue weighted by Gasteiger charge is 2.25. The molecule has 0 bridgehead atoms. The quantitative estimate of drug-likeness (QED) is 0.454. The molecule has 34 heavy (non-hydrogen) atoms. The predicted molar refractivity (Wildman–Crippen MR) is 127 cm³/mol. The monoisotopic (exact) mass is 458 g/mol. The maximum absolute atomic E-state index is 13.5. The number of carbonyl (C=O) groups excluding carboxylic acids is 2. The summed E-state index contributed by atoms with van der Waals surface area (Å²) in [5.74, 6) is 1.04. The third-order valence-corrected chi connectivity index (χ3v) is 6.07. The van der Waals surface area contributed by atoms with Gasteiger partial charge in [0.15, 0.2) is 5.76 Å². The normalized spacial score (nSPS) is 13.9. The van der Waals surface area contributed by atoms with Crippen LogP contribution in [0, 0.1) is 6.92 Å². The number of furan rings is 1. The minimum Gasteiger partial charge on any atom is -0.458 e. The fourth-order valence-electron chi connectivity index (χ4n) is 4.41. The summed E-state index contributed by atoms with van der Waals surface area (Å²) in [4.78, 5) is 29.1. The third kappa shape index (κ3) is 4.68. The van der Waals surface area contributed by atoms with Gasteiger partial charge in [-0.25, -0.2) is 0 Å². The molecule has 1 aliphatic carbocycles. The molecule has 0 saturated heterocycles. The molecule has 2 heterocycles. The Morgan fingerprint density at radius 1 is 1.09 bits per heavy atom. The molecule has 2 amide bonds. The number of anilines is 1. The molecule has 5 rings (SSSR count). The third-order valence-electron chi connectivity index (χ3n) is 6.07. The van der Waals surface area contributed by atoms with Gasteiger partial charge in [0.25, 0.3) is 5.91 Å². The second-order valence-electron chi connectivity index (χ2n) is 8.58. The standard InChI is InChI=1S/C25H26N6O3/c1-17-13-14-22(34-17)25-27-29-31(28-25)16-24(33)30(15-23(32)26-19-9-3-4-10-19)21-12-6-8-18-7-2-5-11-20(18)21/h2,5-8,11-14,19H,3-4,9-10,15-16H2,1H3,(H,26,32). The number of tetrazole rings is 1. The van der Waals surface area contributed by atoms with Crippen LogP contribution in [-0.2, 0) is 16.1 Å². The lowest BCUT2D eigenvalue weighted by Gasteiger charge is -2.24. The van der Waals surface area contributed by atoms with E-state index >= 15 is 0 Å². The number of rotatable bonds is 7. The summed E-state index contributed by atoms with van der Waals surface area (Å²) >= 11 is 0. The van der Waals surface area contributed by atoms with E-state index in [9.17, 15) is 9.59 Å². The van der Waals surface area contributed by atoms with Gasteiger partial charge in [-0.15, -0.1) is 10.2 Å². The molecule has 2 aromatic heterocycles. The number of benzene rings is 2. The van der Waals surface area contributed by atoms with E-state index in [1.807, 2.05) is 55.5 Å². The molecule has 1 N–H and O–H groups in total. The van der Waals surface area contributed by atoms with Crippen LogP contribution in [0.15, 0.2) is 59.0 Å². The molecule has 1 saturated carbocycles. The number of fused-ring (bicyclic) bond motifs is 1. The number of nitrogens with zero attached hydrogens (tertiary/aromatic N) is 5. The Balaban J connectivity index is 1.41. The first-order valence-electron chi connectivity index (χ1n) is 11.5. The predicted octanol–water partition coefficient (Wildman–Crippen LogP) is 3.49. The topological polar surface area (TPSA) is 106 Å². The lowest BCUT2D eigenvalue weighted by atomic mass is 10.1. The molecule has 9 heteroatoms. The van der Waals surface area contributed by atoms with E-state index in [1.165, 1.54) is 9.70 Å². The zero-order valence-electron chi connectivity index (χ0n) is 19.0. The average Bonchev–Trinajstić information content (AvgIpc) is 3.60. The van der Waals surface area contributed by atoms with Gasteiger partial charge in [-0.2, -0.15) is 4.80 Å². The molecule has 2 aromatic carbocycles. The fourth-order valence-corrected chi connectivity index (χ4v) is 4.41. The number of nitrogens with one attached hydrogen (secondary N) is 1. The Morgan fingerprint density at radius 3 is 2.68 bits per heavy atom. The van der Waals surface area contributed by atoms with Crippen molar-refractivity contribution in [1.29, 1.82) is 0 Å². The van der Waals surface area contributed by atoms with Crippen molar-refractivity contribution in [1.82, 2.24) is 25.5 Å². The van der Waals surface area contributed by atoms with Gasteiger partial charge in [-0.1, -0.05) is 49.2 Å². The zero-order valence-corrected chi connectivity index (χ0v) is 19.0. The second kappa shape index (κ2) is 9.46. The molecule has 0 spiro atoms. The van der Waals surface area contributed by atoms with Crippen molar-refractivity contribution >= 4 is 28.3 Å². The minimum absolute atomic E-state index is 0.0811. The maximum atomic E-state index is 13.5. The van der Waals surface area contributed by atoms with Gasteiger partial charge in [-0.3, -0.25) is 9.59 Å². The number of hydrogen-bond acceptors (Lipinski definition) is 6. The minimum atomic E-state index is -0.308. The van der Waals surface area contributed by atoms with Crippen molar-refractivity contribution in [2.24, 2.45) is 0 Å². The molecule has 0 radical (unpaired) electrons. The van der Waals surface area contributed by atoms with E-state index in [2.05, 4.69) is 20.7 Å². The lowest BCUT2D eigenvalue weighted by molar-refractivity contribution is -0.124. The summed E-state index contributed by atoms with van der Waals surface area (Å²) in [7, 11) is 0. The van der Waals surface area contributed by atoms with Gasteiger partial charge in [-0.05, 0) is 48.6 Å². The van der Waals surface area contributed by atoms with Crippen molar-refractivity contribution in [2.75, 3.05) is 11.4 Å². The van der Waals surface area contributed by atoms with Gasteiger partial charge in [0.2, 0.25) is 11.7 Å². The van der Waals surface area contributed by atoms with Gasteiger partial charge in [0.1, 0.15) is 18.8 Å². The highest BCUT2D eigenvalue weighted by Crippen LogP contribution is 2.27. The fraction of sp³-hybridized carbons (Fsp3) is 0.320. The summed E-state index contributed by atoms with van der Waals surface area (Å²) in [6.07, 6.45) is 4.19. The van der Waals surface area contributed by atoms with E-state index in [1.54, 1.807) is 6.07 Å². The van der Waals surface area contributed by atoms with E-state index < -0.39 is 0 Å². The van der Waals surface area contributed by atoms with Gasteiger partial charge in [0, 0.05) is 11.4 Å². The molecule has 4 aromatic rings. The van der Waals surface area contributed by atoms with Crippen LogP contribution in [0.1, 0.15) is 31.4 Å². The SMILES string of the molecule is Cc1ccc(-c2nnn(CC(=O)N(CC(=O)NC3CCCC3)c3cccc4ccccc34)n2)o1. The van der Waals surface area contributed by atoms with Crippen molar-refractivity contribution in [3.8, 4) is 11.6 Å². The van der Waals surface area contributed by atoms with Crippen LogP contribution in [0.3, 0.4) is 0 Å².